The molecule has 11 heteroatoms. The number of nitrogens with one attached hydrogen (secondary N) is 4. The van der Waals surface area contributed by atoms with Gasteiger partial charge in [-0.05, 0) is 57.7 Å². The lowest BCUT2D eigenvalue weighted by Gasteiger charge is -2.21. The summed E-state index contributed by atoms with van der Waals surface area (Å²) in [4.78, 5) is 63.1. The van der Waals surface area contributed by atoms with Gasteiger partial charge >= 0.3 is 0 Å². The van der Waals surface area contributed by atoms with Crippen LogP contribution >= 0.6 is 11.6 Å². The number of ketones is 1. The van der Waals surface area contributed by atoms with Gasteiger partial charge in [0.1, 0.15) is 6.10 Å². The van der Waals surface area contributed by atoms with E-state index in [-0.39, 0.29) is 40.7 Å². The van der Waals surface area contributed by atoms with E-state index in [0.29, 0.717) is 6.42 Å². The topological polar surface area (TPSA) is 143 Å². The van der Waals surface area contributed by atoms with Crippen LogP contribution in [0, 0.1) is 5.92 Å². The predicted octanol–water partition coefficient (Wildman–Crippen LogP) is 1.17. The number of methoxy groups -OCH3 is 1. The van der Waals surface area contributed by atoms with E-state index in [1.54, 1.807) is 6.92 Å². The summed E-state index contributed by atoms with van der Waals surface area (Å²) >= 11 is 6.07. The molecular formula is C23H29ClN4O6. The Labute approximate surface area is 202 Å². The molecule has 0 unspecified atom stereocenters. The number of rotatable bonds is 10. The number of hydrogen-bond acceptors (Lipinski definition) is 6. The van der Waals surface area contributed by atoms with Gasteiger partial charge in [-0.25, -0.2) is 0 Å². The first kappa shape index (κ1) is 25.6. The molecule has 1 saturated heterocycles. The maximum Gasteiger partial charge on any atom is 0.289 e. The van der Waals surface area contributed by atoms with E-state index in [9.17, 15) is 24.0 Å². The standard InChI is InChI=1S/C23H29ClN4O6/c1-11-8-13(21(31)25-11)9-18(19(29)23(33)26-15-5-6-15)28-22(32)16-10-14(24)4-7-17(16)27-20(30)12(2)34-3/h4,7,10-13,15,18H,5-6,8-9H2,1-3H3,(H,25,31)(H,26,33)(H,27,30)(H,28,32)/t11-,12+,13+,18+/m1/s1. The number of Topliss-reactive ketones (excluding diaryl/α,β-unsaturated/α-hetero) is 1. The number of hydrogen-bond donors (Lipinski definition) is 4. The van der Waals surface area contributed by atoms with E-state index in [4.69, 9.17) is 16.3 Å². The van der Waals surface area contributed by atoms with Gasteiger partial charge < -0.3 is 26.0 Å². The Kier molecular flexibility index (Phi) is 8.27. The Bertz CT molecular complexity index is 996. The van der Waals surface area contributed by atoms with E-state index >= 15 is 0 Å². The molecule has 1 aromatic carbocycles. The second-order valence-electron chi connectivity index (χ2n) is 8.77. The zero-order valence-corrected chi connectivity index (χ0v) is 20.0. The first-order valence-corrected chi connectivity index (χ1v) is 11.6. The fraction of sp³-hybridized carbons (Fsp3) is 0.522. The van der Waals surface area contributed by atoms with Crippen LogP contribution in [0.3, 0.4) is 0 Å². The average molecular weight is 493 g/mol. The van der Waals surface area contributed by atoms with Gasteiger partial charge in [-0.3, -0.25) is 24.0 Å². The fourth-order valence-corrected chi connectivity index (χ4v) is 3.88. The Morgan fingerprint density at radius 2 is 1.94 bits per heavy atom. The second-order valence-corrected chi connectivity index (χ2v) is 9.21. The Hall–Kier alpha value is -2.98. The van der Waals surface area contributed by atoms with Crippen molar-refractivity contribution in [2.75, 3.05) is 12.4 Å². The summed E-state index contributed by atoms with van der Waals surface area (Å²) in [5.74, 6) is -3.58. The highest BCUT2D eigenvalue weighted by molar-refractivity contribution is 6.38. The summed E-state index contributed by atoms with van der Waals surface area (Å²) in [6, 6.07) is 2.97. The van der Waals surface area contributed by atoms with Crippen molar-refractivity contribution in [1.29, 1.82) is 0 Å². The van der Waals surface area contributed by atoms with E-state index in [0.717, 1.165) is 12.8 Å². The molecule has 184 valence electrons. The number of carbonyl (C=O) groups is 5. The normalized spacial score (nSPS) is 21.2. The molecule has 0 radical (unpaired) electrons. The second kappa shape index (κ2) is 11.0. The molecule has 4 N–H and O–H groups in total. The number of anilines is 1. The maximum absolute atomic E-state index is 13.2. The number of halogens is 1. The van der Waals surface area contributed by atoms with Crippen molar-refractivity contribution in [2.45, 2.75) is 63.8 Å². The van der Waals surface area contributed by atoms with Gasteiger partial charge in [0.2, 0.25) is 11.7 Å². The van der Waals surface area contributed by atoms with E-state index in [2.05, 4.69) is 21.3 Å². The van der Waals surface area contributed by atoms with Crippen molar-refractivity contribution in [3.05, 3.63) is 28.8 Å². The highest BCUT2D eigenvalue weighted by atomic mass is 35.5. The van der Waals surface area contributed by atoms with Crippen LogP contribution in [-0.2, 0) is 23.9 Å². The lowest BCUT2D eigenvalue weighted by molar-refractivity contribution is -0.139. The Morgan fingerprint density at radius 3 is 2.53 bits per heavy atom. The summed E-state index contributed by atoms with van der Waals surface area (Å²) in [6.07, 6.45) is 1.28. The van der Waals surface area contributed by atoms with Crippen molar-refractivity contribution < 1.29 is 28.7 Å². The third-order valence-corrected chi connectivity index (χ3v) is 6.12. The van der Waals surface area contributed by atoms with Crippen LogP contribution in [-0.4, -0.2) is 60.8 Å². The van der Waals surface area contributed by atoms with Gasteiger partial charge in [0.15, 0.2) is 0 Å². The first-order chi connectivity index (χ1) is 16.1. The zero-order chi connectivity index (χ0) is 25.0. The van der Waals surface area contributed by atoms with Gasteiger partial charge in [0.25, 0.3) is 17.7 Å². The molecule has 4 atom stereocenters. The zero-order valence-electron chi connectivity index (χ0n) is 19.3. The summed E-state index contributed by atoms with van der Waals surface area (Å²) in [5.41, 5.74) is 0.172. The summed E-state index contributed by atoms with van der Waals surface area (Å²) in [6.45, 7) is 3.39. The van der Waals surface area contributed by atoms with Gasteiger partial charge in [0.05, 0.1) is 17.3 Å². The monoisotopic (exact) mass is 492 g/mol. The smallest absolute Gasteiger partial charge is 0.289 e. The minimum atomic E-state index is -1.23. The number of amides is 4. The molecule has 3 rings (SSSR count). The lowest BCUT2D eigenvalue weighted by atomic mass is 9.93. The molecule has 1 saturated carbocycles. The molecule has 2 fully saturated rings. The quantitative estimate of drug-likeness (QED) is 0.361. The van der Waals surface area contributed by atoms with Crippen molar-refractivity contribution in [3.63, 3.8) is 0 Å². The molecule has 0 aromatic heterocycles. The number of carbonyl (C=O) groups excluding carboxylic acids is 5. The van der Waals surface area contributed by atoms with E-state index < -0.39 is 41.6 Å². The molecular weight excluding hydrogens is 464 g/mol. The van der Waals surface area contributed by atoms with E-state index in [1.807, 2.05) is 6.92 Å². The van der Waals surface area contributed by atoms with Gasteiger partial charge in [0, 0.05) is 30.1 Å². The third kappa shape index (κ3) is 6.54. The molecule has 1 aliphatic carbocycles. The van der Waals surface area contributed by atoms with Crippen molar-refractivity contribution in [3.8, 4) is 0 Å². The van der Waals surface area contributed by atoms with Crippen molar-refractivity contribution in [1.82, 2.24) is 16.0 Å². The summed E-state index contributed by atoms with van der Waals surface area (Å²) < 4.78 is 4.99. The van der Waals surface area contributed by atoms with Crippen LogP contribution in [0.1, 0.15) is 49.9 Å². The van der Waals surface area contributed by atoms with Crippen molar-refractivity contribution in [2.24, 2.45) is 5.92 Å². The first-order valence-electron chi connectivity index (χ1n) is 11.2. The molecule has 4 amide bonds. The molecule has 1 aliphatic heterocycles. The van der Waals surface area contributed by atoms with Crippen LogP contribution in [0.2, 0.25) is 5.02 Å². The van der Waals surface area contributed by atoms with Crippen LogP contribution < -0.4 is 21.3 Å². The van der Waals surface area contributed by atoms with Crippen molar-refractivity contribution >= 4 is 46.7 Å². The molecule has 34 heavy (non-hydrogen) atoms. The van der Waals surface area contributed by atoms with Gasteiger partial charge in [-0.2, -0.15) is 0 Å². The SMILES string of the molecule is CO[C@@H](C)C(=O)Nc1ccc(Cl)cc1C(=O)N[C@@H](C[C@@H]1C[C@@H](C)NC1=O)C(=O)C(=O)NC1CC1. The van der Waals surface area contributed by atoms with Crippen LogP contribution in [0.5, 0.6) is 0 Å². The highest BCUT2D eigenvalue weighted by Crippen LogP contribution is 2.24. The highest BCUT2D eigenvalue weighted by Gasteiger charge is 2.37. The predicted molar refractivity (Wildman–Crippen MR) is 124 cm³/mol. The number of ether oxygens (including phenoxy) is 1. The Morgan fingerprint density at radius 1 is 1.24 bits per heavy atom. The molecule has 1 heterocycles. The van der Waals surface area contributed by atoms with Gasteiger partial charge in [-0.1, -0.05) is 11.6 Å². The maximum atomic E-state index is 13.2. The molecule has 0 bridgehead atoms. The van der Waals surface area contributed by atoms with E-state index in [1.165, 1.54) is 25.3 Å². The summed E-state index contributed by atoms with van der Waals surface area (Å²) in [5, 5.41) is 10.8. The lowest BCUT2D eigenvalue weighted by Crippen LogP contribution is -2.49. The summed E-state index contributed by atoms with van der Waals surface area (Å²) in [7, 11) is 1.38. The third-order valence-electron chi connectivity index (χ3n) is 5.88. The van der Waals surface area contributed by atoms with Crippen LogP contribution in [0.15, 0.2) is 18.2 Å². The molecule has 0 spiro atoms. The molecule has 1 aromatic rings. The Balaban J connectivity index is 1.82. The minimum Gasteiger partial charge on any atom is -0.372 e. The van der Waals surface area contributed by atoms with Crippen LogP contribution in [0.4, 0.5) is 5.69 Å². The fourth-order valence-electron chi connectivity index (χ4n) is 3.71. The average Bonchev–Trinajstić information content (AvgIpc) is 3.55. The largest absolute Gasteiger partial charge is 0.372 e. The van der Waals surface area contributed by atoms with Crippen LogP contribution in [0.25, 0.3) is 0 Å². The number of benzene rings is 1. The molecule has 2 aliphatic rings. The minimum absolute atomic E-state index is 0.00814. The molecule has 10 nitrogen and oxygen atoms in total. The van der Waals surface area contributed by atoms with Gasteiger partial charge in [-0.15, -0.1) is 0 Å².